The molecule has 0 bridgehead atoms. The minimum absolute atomic E-state index is 0.0573. The largest absolute Gasteiger partial charge is 0.444 e. The van der Waals surface area contributed by atoms with Gasteiger partial charge in [-0.15, -0.1) is 0 Å². The summed E-state index contributed by atoms with van der Waals surface area (Å²) in [6, 6.07) is 0.0573. The molecule has 1 aliphatic heterocycles. The molecule has 1 aliphatic carbocycles. The fourth-order valence-corrected chi connectivity index (χ4v) is 2.62. The van der Waals surface area contributed by atoms with Crippen molar-refractivity contribution >= 4 is 11.9 Å². The standard InChI is InChI=1S/C13H21NO4/c1-12(2,3)18-11(16)14-9-6-13(7-9)4-5-17-8-10(13)15/h9H,4-8H2,1-3H3,(H,14,16). The van der Waals surface area contributed by atoms with Gasteiger partial charge in [-0.2, -0.15) is 0 Å². The number of nitrogens with one attached hydrogen (secondary N) is 1. The summed E-state index contributed by atoms with van der Waals surface area (Å²) < 4.78 is 10.3. The SMILES string of the molecule is CC(C)(C)OC(=O)NC1CC2(CCOCC2=O)C1. The number of alkyl carbamates (subject to hydrolysis) is 1. The summed E-state index contributed by atoms with van der Waals surface area (Å²) >= 11 is 0. The quantitative estimate of drug-likeness (QED) is 0.773. The van der Waals surface area contributed by atoms with E-state index in [-0.39, 0.29) is 23.8 Å². The number of carbonyl (C=O) groups is 2. The fraction of sp³-hybridized carbons (Fsp3) is 0.846. The summed E-state index contributed by atoms with van der Waals surface area (Å²) in [5, 5.41) is 2.81. The highest BCUT2D eigenvalue weighted by Gasteiger charge is 2.51. The molecule has 0 unspecified atom stereocenters. The van der Waals surface area contributed by atoms with Gasteiger partial charge in [0.2, 0.25) is 0 Å². The van der Waals surface area contributed by atoms with E-state index in [0.29, 0.717) is 19.4 Å². The number of rotatable bonds is 1. The maximum atomic E-state index is 11.8. The van der Waals surface area contributed by atoms with Crippen LogP contribution in [0.3, 0.4) is 0 Å². The van der Waals surface area contributed by atoms with Crippen LogP contribution >= 0.6 is 0 Å². The molecule has 18 heavy (non-hydrogen) atoms. The molecule has 1 heterocycles. The fourth-order valence-electron chi connectivity index (χ4n) is 2.62. The zero-order valence-electron chi connectivity index (χ0n) is 11.2. The number of ether oxygens (including phenoxy) is 2. The third-order valence-corrected chi connectivity index (χ3v) is 3.54. The molecule has 0 aromatic rings. The molecular weight excluding hydrogens is 234 g/mol. The molecule has 2 rings (SSSR count). The van der Waals surface area contributed by atoms with Crippen LogP contribution in [0.4, 0.5) is 4.79 Å². The summed E-state index contributed by atoms with van der Waals surface area (Å²) in [5.74, 6) is 0.177. The van der Waals surface area contributed by atoms with Crippen LogP contribution in [-0.2, 0) is 14.3 Å². The van der Waals surface area contributed by atoms with Gasteiger partial charge in [0.25, 0.3) is 0 Å². The van der Waals surface area contributed by atoms with Crippen molar-refractivity contribution in [3.05, 3.63) is 0 Å². The first kappa shape index (κ1) is 13.3. The van der Waals surface area contributed by atoms with E-state index in [1.807, 2.05) is 20.8 Å². The van der Waals surface area contributed by atoms with Crippen molar-refractivity contribution in [1.82, 2.24) is 5.32 Å². The lowest BCUT2D eigenvalue weighted by Gasteiger charge is -2.48. The van der Waals surface area contributed by atoms with E-state index in [1.165, 1.54) is 0 Å². The van der Waals surface area contributed by atoms with Crippen LogP contribution in [0.15, 0.2) is 0 Å². The first-order valence-electron chi connectivity index (χ1n) is 6.41. The molecule has 1 saturated heterocycles. The summed E-state index contributed by atoms with van der Waals surface area (Å²) in [6.07, 6.45) is 1.81. The molecule has 0 atom stereocenters. The molecule has 1 saturated carbocycles. The smallest absolute Gasteiger partial charge is 0.407 e. The number of amides is 1. The maximum Gasteiger partial charge on any atom is 0.407 e. The Morgan fingerprint density at radius 1 is 1.44 bits per heavy atom. The number of ketones is 1. The second-order valence-electron chi connectivity index (χ2n) is 6.26. The van der Waals surface area contributed by atoms with Crippen LogP contribution in [0.2, 0.25) is 0 Å². The molecule has 2 aliphatic rings. The van der Waals surface area contributed by atoms with Crippen molar-refractivity contribution in [2.24, 2.45) is 5.41 Å². The van der Waals surface area contributed by atoms with Crippen molar-refractivity contribution in [3.63, 3.8) is 0 Å². The van der Waals surface area contributed by atoms with E-state index in [2.05, 4.69) is 5.32 Å². The van der Waals surface area contributed by atoms with Gasteiger partial charge in [0.1, 0.15) is 12.2 Å². The van der Waals surface area contributed by atoms with Gasteiger partial charge in [-0.05, 0) is 40.0 Å². The minimum atomic E-state index is -0.486. The summed E-state index contributed by atoms with van der Waals surface area (Å²) in [4.78, 5) is 23.4. The highest BCUT2D eigenvalue weighted by molar-refractivity contribution is 5.88. The molecule has 1 spiro atoms. The van der Waals surface area contributed by atoms with E-state index in [4.69, 9.17) is 9.47 Å². The van der Waals surface area contributed by atoms with Crippen molar-refractivity contribution in [2.45, 2.75) is 51.7 Å². The third kappa shape index (κ3) is 2.83. The Hall–Kier alpha value is -1.10. The van der Waals surface area contributed by atoms with Gasteiger partial charge < -0.3 is 14.8 Å². The van der Waals surface area contributed by atoms with E-state index >= 15 is 0 Å². The average molecular weight is 255 g/mol. The van der Waals surface area contributed by atoms with Crippen LogP contribution in [0.1, 0.15) is 40.0 Å². The lowest BCUT2D eigenvalue weighted by Crippen LogP contribution is -2.57. The van der Waals surface area contributed by atoms with Gasteiger partial charge in [-0.1, -0.05) is 0 Å². The molecule has 2 fully saturated rings. The maximum absolute atomic E-state index is 11.8. The third-order valence-electron chi connectivity index (χ3n) is 3.54. The van der Waals surface area contributed by atoms with Crippen LogP contribution in [0, 0.1) is 5.41 Å². The van der Waals surface area contributed by atoms with Gasteiger partial charge in [0, 0.05) is 18.1 Å². The second kappa shape index (κ2) is 4.53. The Balaban J connectivity index is 1.79. The summed E-state index contributed by atoms with van der Waals surface area (Å²) in [6.45, 7) is 6.36. The lowest BCUT2D eigenvalue weighted by molar-refractivity contribution is -0.149. The first-order valence-corrected chi connectivity index (χ1v) is 6.41. The molecule has 0 aromatic carbocycles. The Morgan fingerprint density at radius 2 is 2.11 bits per heavy atom. The van der Waals surface area contributed by atoms with Crippen molar-refractivity contribution in [3.8, 4) is 0 Å². The molecule has 0 radical (unpaired) electrons. The van der Waals surface area contributed by atoms with Crippen molar-refractivity contribution in [1.29, 1.82) is 0 Å². The van der Waals surface area contributed by atoms with E-state index in [0.717, 1.165) is 6.42 Å². The predicted octanol–water partition coefficient (Wildman–Crippen LogP) is 1.65. The summed E-state index contributed by atoms with van der Waals surface area (Å²) in [5.41, 5.74) is -0.724. The Bertz CT molecular complexity index is 352. The summed E-state index contributed by atoms with van der Waals surface area (Å²) in [7, 11) is 0. The number of carbonyl (C=O) groups excluding carboxylic acids is 2. The minimum Gasteiger partial charge on any atom is -0.444 e. The Labute approximate surface area is 107 Å². The van der Waals surface area contributed by atoms with Crippen LogP contribution < -0.4 is 5.32 Å². The average Bonchev–Trinajstić information content (AvgIpc) is 2.16. The molecule has 102 valence electrons. The lowest BCUT2D eigenvalue weighted by atomic mass is 9.60. The zero-order chi connectivity index (χ0) is 13.4. The van der Waals surface area contributed by atoms with E-state index in [1.54, 1.807) is 0 Å². The van der Waals surface area contributed by atoms with Crippen LogP contribution in [0.5, 0.6) is 0 Å². The van der Waals surface area contributed by atoms with Crippen molar-refractivity contribution < 1.29 is 19.1 Å². The van der Waals surface area contributed by atoms with Gasteiger partial charge >= 0.3 is 6.09 Å². The van der Waals surface area contributed by atoms with E-state index < -0.39 is 11.7 Å². The number of Topliss-reactive ketones (excluding diaryl/α,β-unsaturated/α-hetero) is 1. The highest BCUT2D eigenvalue weighted by atomic mass is 16.6. The van der Waals surface area contributed by atoms with Gasteiger partial charge in [0.05, 0.1) is 0 Å². The van der Waals surface area contributed by atoms with Crippen LogP contribution in [-0.4, -0.2) is 36.7 Å². The first-order chi connectivity index (χ1) is 8.31. The molecule has 5 heteroatoms. The second-order valence-corrected chi connectivity index (χ2v) is 6.26. The normalized spacial score (nSPS) is 31.9. The van der Waals surface area contributed by atoms with Crippen LogP contribution in [0.25, 0.3) is 0 Å². The Morgan fingerprint density at radius 3 is 2.67 bits per heavy atom. The molecule has 1 amide bonds. The molecular formula is C13H21NO4. The monoisotopic (exact) mass is 255 g/mol. The molecule has 1 N–H and O–H groups in total. The van der Waals surface area contributed by atoms with Gasteiger partial charge in [-0.25, -0.2) is 4.79 Å². The Kier molecular flexibility index (Phi) is 3.36. The zero-order valence-corrected chi connectivity index (χ0v) is 11.2. The predicted molar refractivity (Wildman–Crippen MR) is 65.3 cm³/mol. The highest BCUT2D eigenvalue weighted by Crippen LogP contribution is 2.46. The topological polar surface area (TPSA) is 64.6 Å². The molecule has 0 aromatic heterocycles. The molecule has 5 nitrogen and oxygen atoms in total. The van der Waals surface area contributed by atoms with Gasteiger partial charge in [-0.3, -0.25) is 4.79 Å². The van der Waals surface area contributed by atoms with Crippen molar-refractivity contribution in [2.75, 3.05) is 13.2 Å². The number of hydrogen-bond donors (Lipinski definition) is 1. The number of hydrogen-bond acceptors (Lipinski definition) is 4. The van der Waals surface area contributed by atoms with E-state index in [9.17, 15) is 9.59 Å². The van der Waals surface area contributed by atoms with Gasteiger partial charge in [0.15, 0.2) is 5.78 Å².